The van der Waals surface area contributed by atoms with E-state index in [1.807, 2.05) is 13.8 Å². The van der Waals surface area contributed by atoms with E-state index < -0.39 is 102 Å². The summed E-state index contributed by atoms with van der Waals surface area (Å²) in [4.78, 5) is 25.6. The minimum absolute atomic E-state index is 0. The van der Waals surface area contributed by atoms with Crippen molar-refractivity contribution >= 4 is 84.2 Å². The topological polar surface area (TPSA) is 322 Å². The van der Waals surface area contributed by atoms with Crippen LogP contribution < -0.4 is 4.57 Å². The van der Waals surface area contributed by atoms with Gasteiger partial charge in [-0.15, -0.1) is 0 Å². The number of rotatable bonds is 12. The van der Waals surface area contributed by atoms with Crippen molar-refractivity contribution in [3.8, 4) is 0 Å². The van der Waals surface area contributed by atoms with Crippen LogP contribution in [0.4, 0.5) is 13.2 Å². The number of hydrogen-bond acceptors (Lipinski definition) is 19. The van der Waals surface area contributed by atoms with Crippen LogP contribution in [0.3, 0.4) is 0 Å². The van der Waals surface area contributed by atoms with E-state index in [0.717, 1.165) is 12.8 Å². The second-order valence-electron chi connectivity index (χ2n) is 13.7. The quantitative estimate of drug-likeness (QED) is 0.0427. The van der Waals surface area contributed by atoms with Crippen molar-refractivity contribution < 1.29 is 107 Å². The molecular formula is C34H54F3N2Na2O19S3+. The number of allylic oxidation sites excluding steroid dienone is 1. The molecule has 0 saturated carbocycles. The molecule has 2 saturated heterocycles. The first-order valence-electron chi connectivity index (χ1n) is 18.7. The van der Waals surface area contributed by atoms with Gasteiger partial charge in [-0.25, -0.2) is 9.59 Å². The van der Waals surface area contributed by atoms with Crippen LogP contribution in [0.25, 0.3) is 0 Å². The van der Waals surface area contributed by atoms with Crippen LogP contribution in [0, 0.1) is 11.8 Å². The van der Waals surface area contributed by atoms with E-state index in [4.69, 9.17) is 59.0 Å². The normalized spacial score (nSPS) is 23.8. The number of pyridine rings is 1. The molecule has 0 aromatic carbocycles. The van der Waals surface area contributed by atoms with Crippen molar-refractivity contribution in [2.75, 3.05) is 26.4 Å². The zero-order valence-corrected chi connectivity index (χ0v) is 41.0. The van der Waals surface area contributed by atoms with Gasteiger partial charge in [0, 0.05) is 24.9 Å². The summed E-state index contributed by atoms with van der Waals surface area (Å²) in [5.41, 5.74) is -4.75. The number of ether oxygens (including phenoxy) is 4. The summed E-state index contributed by atoms with van der Waals surface area (Å²) in [6.07, 6.45) is 1.97. The molecule has 8 atom stereocenters. The van der Waals surface area contributed by atoms with Gasteiger partial charge in [-0.3, -0.25) is 4.55 Å². The number of halogens is 3. The third-order valence-corrected chi connectivity index (χ3v) is 9.60. The summed E-state index contributed by atoms with van der Waals surface area (Å²) in [5.74, 6) is 0.0550. The Bertz CT molecular complexity index is 1950. The molecule has 354 valence electrons. The van der Waals surface area contributed by atoms with Crippen LogP contribution in [0.2, 0.25) is 0 Å². The molecule has 3 aliphatic heterocycles. The van der Waals surface area contributed by atoms with Gasteiger partial charge >= 0.3 is 89.7 Å². The van der Waals surface area contributed by atoms with E-state index in [1.54, 1.807) is 36.8 Å². The second-order valence-corrected chi connectivity index (χ2v) is 17.5. The first-order chi connectivity index (χ1) is 28.8. The summed E-state index contributed by atoms with van der Waals surface area (Å²) in [5, 5.41) is 57.9. The number of carbonyl (C=O) groups excluding carboxylic acids is 2. The van der Waals surface area contributed by atoms with Crippen molar-refractivity contribution in [3.63, 3.8) is 0 Å². The van der Waals surface area contributed by atoms with Gasteiger partial charge in [0.15, 0.2) is 24.7 Å². The van der Waals surface area contributed by atoms with E-state index in [-0.39, 0.29) is 14.0 Å². The van der Waals surface area contributed by atoms with Gasteiger partial charge in [0.2, 0.25) is 0 Å². The second kappa shape index (κ2) is 31.4. The number of esters is 2. The molecule has 3 aliphatic rings. The Kier molecular flexibility index (Phi) is 31.6. The molecule has 0 radical (unpaired) electrons. The Morgan fingerprint density at radius 3 is 1.75 bits per heavy atom. The fourth-order valence-electron chi connectivity index (χ4n) is 4.85. The summed E-state index contributed by atoms with van der Waals surface area (Å²) in [7, 11) is -11.7. The monoisotopic (exact) mass is 993 g/mol. The van der Waals surface area contributed by atoms with E-state index in [1.165, 1.54) is 59.3 Å². The van der Waals surface area contributed by atoms with Crippen LogP contribution in [0.1, 0.15) is 71.0 Å². The number of aliphatic hydroxyl groups excluding tert-OH is 6. The van der Waals surface area contributed by atoms with Gasteiger partial charge < -0.3 is 54.5 Å². The Morgan fingerprint density at radius 2 is 1.33 bits per heavy atom. The van der Waals surface area contributed by atoms with Crippen LogP contribution in [0.15, 0.2) is 48.6 Å². The molecule has 1 aromatic heterocycles. The van der Waals surface area contributed by atoms with E-state index in [9.17, 15) is 43.2 Å². The number of aliphatic hydroxyl groups is 6. The predicted octanol–water partition coefficient (Wildman–Crippen LogP) is -1.17. The van der Waals surface area contributed by atoms with Gasteiger partial charge in [0.05, 0.1) is 32.0 Å². The zero-order valence-electron chi connectivity index (χ0n) is 34.5. The van der Waals surface area contributed by atoms with Crippen molar-refractivity contribution in [2.45, 2.75) is 109 Å². The maximum atomic E-state index is 12.1. The van der Waals surface area contributed by atoms with Crippen LogP contribution in [0.5, 0.6) is 0 Å². The fraction of sp³-hybridized carbons (Fsp3) is 0.676. The molecule has 0 amide bonds. The van der Waals surface area contributed by atoms with E-state index >= 15 is 0 Å². The molecule has 2 unspecified atom stereocenters. The molecule has 63 heavy (non-hydrogen) atoms. The molecule has 21 nitrogen and oxygen atoms in total. The number of hydrogen-bond donors (Lipinski definition) is 7. The van der Waals surface area contributed by atoms with Crippen molar-refractivity contribution in [1.82, 2.24) is 4.90 Å². The van der Waals surface area contributed by atoms with E-state index in [0.29, 0.717) is 42.6 Å². The van der Waals surface area contributed by atoms with Crippen molar-refractivity contribution in [1.29, 1.82) is 0 Å². The standard InChI is InChI=1S/C16H25NO6.C16H24NO6.CHF3O3S.CH4.2Na.O4S2/c2*1-10(2)5-7-22-16(21)11-4-3-6-17(8-11)15-14(20)13(19)12(9-18)23-15;2-1(3,4)8(5,6)7;;;;1-5(2)6(3)4/h3,6,8,10,12-15,18-20H,4-5,7,9H2,1-2H3;3-4,6,8,10,12-15,18-20H,5,7,9H2,1-2H3;(H,5,6,7);1H4;;;/q;+1;;;;;/t2*12-,13+,14?,15-;;;;;/m11...../s1. The number of carbonyl (C=O) groups is 2. The average molecular weight is 994 g/mol. The number of alkyl halides is 3. The molecule has 7 N–H and O–H groups in total. The molecular weight excluding hydrogens is 940 g/mol. The summed E-state index contributed by atoms with van der Waals surface area (Å²) in [6, 6.07) is 3.24. The molecule has 1 aromatic rings. The Balaban J connectivity index is 0. The Morgan fingerprint density at radius 1 is 0.873 bits per heavy atom. The fourth-order valence-corrected chi connectivity index (χ4v) is 4.85. The minimum atomic E-state index is -5.84. The first kappa shape index (κ1) is 63.5. The molecule has 0 bridgehead atoms. The van der Waals surface area contributed by atoms with Gasteiger partial charge in [0.25, 0.3) is 6.23 Å². The third-order valence-electron chi connectivity index (χ3n) is 8.12. The SMILES string of the molecule is C.CC(C)CCOC(=O)C1=CN([C@@H]2O[C@H](CO)[C@H](O)C2O)C=CC1.CC(C)CCOC(=O)c1ccc[n+]([C@@H]2O[C@H](CO)[C@H](O)C2O)c1.O=S(=O)(O)C(F)(F)F.O=S(=O)=S(=O)=O.[Na][Na]. The van der Waals surface area contributed by atoms with Crippen molar-refractivity contribution in [2.24, 2.45) is 11.8 Å². The molecule has 29 heteroatoms. The third kappa shape index (κ3) is 22.6. The van der Waals surface area contributed by atoms with Crippen LogP contribution in [-0.4, -0.2) is 196 Å². The van der Waals surface area contributed by atoms with Crippen LogP contribution in [-0.2, 0) is 52.4 Å². The van der Waals surface area contributed by atoms with Gasteiger partial charge in [-0.05, 0) is 30.7 Å². The number of aromatic nitrogens is 1. The molecule has 4 rings (SSSR count). The Labute approximate surface area is 394 Å². The first-order valence-corrected chi connectivity index (χ1v) is 30.8. The summed E-state index contributed by atoms with van der Waals surface area (Å²) < 4.78 is 117. The summed E-state index contributed by atoms with van der Waals surface area (Å²) in [6.45, 7) is 8.13. The predicted molar refractivity (Wildman–Crippen MR) is 215 cm³/mol. The van der Waals surface area contributed by atoms with Crippen LogP contribution >= 0.6 is 0 Å². The van der Waals surface area contributed by atoms with Gasteiger partial charge in [0.1, 0.15) is 36.1 Å². The van der Waals surface area contributed by atoms with Gasteiger partial charge in [-0.1, -0.05) is 41.2 Å². The Hall–Kier alpha value is -1.61. The molecule has 2 fully saturated rings. The molecule has 0 spiro atoms. The molecule has 0 aliphatic carbocycles. The summed E-state index contributed by atoms with van der Waals surface area (Å²) >= 11 is 2.89. The average Bonchev–Trinajstić information content (AvgIpc) is 3.67. The van der Waals surface area contributed by atoms with Crippen molar-refractivity contribution in [3.05, 3.63) is 54.1 Å². The number of nitrogens with zero attached hydrogens (tertiary/aromatic N) is 2. The maximum absolute atomic E-state index is 12.1. The van der Waals surface area contributed by atoms with Gasteiger partial charge in [-0.2, -0.15) is 43.0 Å². The zero-order chi connectivity index (χ0) is 48.1. The molecule has 4 heterocycles. The van der Waals surface area contributed by atoms with E-state index in [2.05, 4.69) is 13.8 Å².